The molecule has 0 N–H and O–H groups in total. The number of hydrogen-bond donors (Lipinski definition) is 0. The fourth-order valence-corrected chi connectivity index (χ4v) is 2.08. The fourth-order valence-electron chi connectivity index (χ4n) is 1.38. The van der Waals surface area contributed by atoms with E-state index in [2.05, 4.69) is 4.40 Å². The molecule has 1 heterocycles. The third kappa shape index (κ3) is 1.79. The lowest BCUT2D eigenvalue weighted by Crippen LogP contribution is -2.08. The summed E-state index contributed by atoms with van der Waals surface area (Å²) in [6, 6.07) is 3.76. The highest BCUT2D eigenvalue weighted by Gasteiger charge is 2.15. The Bertz CT molecular complexity index is 792. The molecule has 0 unspecified atom stereocenters. The van der Waals surface area contributed by atoms with E-state index in [-0.39, 0.29) is 10.5 Å². The normalized spacial score (nSPS) is 11.4. The molecule has 7 nitrogen and oxygen atoms in total. The zero-order valence-corrected chi connectivity index (χ0v) is 9.39. The molecule has 1 aromatic heterocycles. The third-order valence-electron chi connectivity index (χ3n) is 2.22. The van der Waals surface area contributed by atoms with E-state index in [1.165, 1.54) is 23.7 Å². The van der Waals surface area contributed by atoms with Gasteiger partial charge in [-0.25, -0.2) is 9.59 Å². The van der Waals surface area contributed by atoms with Gasteiger partial charge in [0.25, 0.3) is 16.1 Å². The van der Waals surface area contributed by atoms with Gasteiger partial charge in [-0.2, -0.15) is 8.42 Å². The van der Waals surface area contributed by atoms with Crippen LogP contribution >= 0.6 is 0 Å². The van der Waals surface area contributed by atoms with Crippen molar-refractivity contribution in [3.05, 3.63) is 28.7 Å². The molecule has 17 heavy (non-hydrogen) atoms. The second-order valence-electron chi connectivity index (χ2n) is 3.21. The van der Waals surface area contributed by atoms with Gasteiger partial charge < -0.3 is 4.42 Å². The molecular formula is C9H6N2O5S. The Morgan fingerprint density at radius 3 is 2.76 bits per heavy atom. The first-order chi connectivity index (χ1) is 7.95. The molecule has 0 aliphatic rings. The first-order valence-corrected chi connectivity index (χ1v) is 5.83. The van der Waals surface area contributed by atoms with Crippen molar-refractivity contribution in [2.75, 3.05) is 0 Å². The van der Waals surface area contributed by atoms with Crippen LogP contribution < -0.4 is 5.76 Å². The maximum Gasteiger partial charge on any atom is 0.419 e. The number of carbonyl (C=O) groups excluding carboxylic acids is 1. The van der Waals surface area contributed by atoms with Crippen LogP contribution in [0.5, 0.6) is 0 Å². The lowest BCUT2D eigenvalue weighted by atomic mass is 10.3. The number of hydrogen-bond acceptors (Lipinski definition) is 5. The molecule has 0 radical (unpaired) electrons. The minimum absolute atomic E-state index is 0.111. The minimum atomic E-state index is -4.08. The Morgan fingerprint density at radius 1 is 1.41 bits per heavy atom. The van der Waals surface area contributed by atoms with Crippen LogP contribution in [0, 0.1) is 0 Å². The van der Waals surface area contributed by atoms with E-state index >= 15 is 0 Å². The van der Waals surface area contributed by atoms with Crippen molar-refractivity contribution in [3.63, 3.8) is 0 Å². The van der Waals surface area contributed by atoms with E-state index in [0.717, 1.165) is 12.1 Å². The van der Waals surface area contributed by atoms with E-state index in [1.54, 1.807) is 0 Å². The summed E-state index contributed by atoms with van der Waals surface area (Å²) < 4.78 is 31.6. The van der Waals surface area contributed by atoms with Gasteiger partial charge in [-0.05, 0) is 12.1 Å². The molecule has 0 saturated carbocycles. The standard InChI is InChI=1S/C9H6N2O5S/c1-11-7-3-2-6(17(14,15)10-5-12)4-8(7)16-9(11)13/h2-4H,1H3. The van der Waals surface area contributed by atoms with Gasteiger partial charge in [0.1, 0.15) is 0 Å². The molecule has 0 saturated heterocycles. The van der Waals surface area contributed by atoms with Crippen LogP contribution in [0.2, 0.25) is 0 Å². The van der Waals surface area contributed by atoms with Crippen LogP contribution in [0.3, 0.4) is 0 Å². The largest absolute Gasteiger partial charge is 0.419 e. The zero-order valence-electron chi connectivity index (χ0n) is 8.58. The Kier molecular flexibility index (Phi) is 2.45. The third-order valence-corrected chi connectivity index (χ3v) is 3.38. The summed E-state index contributed by atoms with van der Waals surface area (Å²) in [7, 11) is -2.58. The number of isocyanates is 1. The molecule has 1 aromatic carbocycles. The SMILES string of the molecule is Cn1c(=O)oc2cc(S(=O)(=O)N=C=O)ccc21. The molecule has 0 atom stereocenters. The predicted octanol–water partition coefficient (Wildman–Crippen LogP) is 0.156. The highest BCUT2D eigenvalue weighted by Crippen LogP contribution is 2.19. The zero-order chi connectivity index (χ0) is 12.6. The molecule has 0 aliphatic heterocycles. The molecule has 0 spiro atoms. The summed E-state index contributed by atoms with van der Waals surface area (Å²) in [6.07, 6.45) is 0.961. The van der Waals surface area contributed by atoms with Crippen LogP contribution in [0.4, 0.5) is 0 Å². The van der Waals surface area contributed by atoms with Gasteiger partial charge in [0.05, 0.1) is 10.4 Å². The van der Waals surface area contributed by atoms with E-state index in [1.807, 2.05) is 0 Å². The highest BCUT2D eigenvalue weighted by atomic mass is 32.2. The van der Waals surface area contributed by atoms with Crippen molar-refractivity contribution in [3.8, 4) is 0 Å². The smallest absolute Gasteiger partial charge is 0.408 e. The lowest BCUT2D eigenvalue weighted by molar-refractivity contribution is 0.527. The quantitative estimate of drug-likeness (QED) is 0.561. The summed E-state index contributed by atoms with van der Waals surface area (Å²) in [5.74, 6) is -0.603. The number of aryl methyl sites for hydroxylation is 1. The predicted molar refractivity (Wildman–Crippen MR) is 56.8 cm³/mol. The number of aromatic nitrogens is 1. The highest BCUT2D eigenvalue weighted by molar-refractivity contribution is 7.90. The van der Waals surface area contributed by atoms with E-state index in [9.17, 15) is 18.0 Å². The molecule has 0 bridgehead atoms. The van der Waals surface area contributed by atoms with Crippen LogP contribution in [0.1, 0.15) is 0 Å². The molecule has 0 amide bonds. The Labute approximate surface area is 95.0 Å². The molecule has 2 rings (SSSR count). The molecule has 8 heteroatoms. The van der Waals surface area contributed by atoms with E-state index in [4.69, 9.17) is 4.42 Å². The summed E-state index contributed by atoms with van der Waals surface area (Å²) in [5, 5.41) is 0. The summed E-state index contributed by atoms with van der Waals surface area (Å²) >= 11 is 0. The molecule has 0 aliphatic carbocycles. The second-order valence-corrected chi connectivity index (χ2v) is 4.82. The van der Waals surface area contributed by atoms with Crippen LogP contribution in [-0.2, 0) is 21.9 Å². The number of fused-ring (bicyclic) bond motifs is 1. The average molecular weight is 254 g/mol. The molecule has 2 aromatic rings. The van der Waals surface area contributed by atoms with Crippen molar-refractivity contribution >= 4 is 27.2 Å². The maximum atomic E-state index is 11.4. The van der Waals surface area contributed by atoms with Gasteiger partial charge in [-0.3, -0.25) is 4.57 Å². The van der Waals surface area contributed by atoms with Crippen molar-refractivity contribution in [1.82, 2.24) is 4.57 Å². The van der Waals surface area contributed by atoms with Crippen LogP contribution in [0.25, 0.3) is 11.1 Å². The van der Waals surface area contributed by atoms with Gasteiger partial charge in [0.2, 0.25) is 0 Å². The van der Waals surface area contributed by atoms with E-state index in [0.29, 0.717) is 5.52 Å². The molecule has 88 valence electrons. The van der Waals surface area contributed by atoms with Crippen molar-refractivity contribution in [2.45, 2.75) is 4.90 Å². The minimum Gasteiger partial charge on any atom is -0.408 e. The van der Waals surface area contributed by atoms with Crippen molar-refractivity contribution in [2.24, 2.45) is 11.4 Å². The Morgan fingerprint density at radius 2 is 2.12 bits per heavy atom. The van der Waals surface area contributed by atoms with Gasteiger partial charge in [0.15, 0.2) is 5.58 Å². The molecular weight excluding hydrogens is 248 g/mol. The van der Waals surface area contributed by atoms with Gasteiger partial charge in [0, 0.05) is 13.1 Å². The Hall–Kier alpha value is -2.18. The first-order valence-electron chi connectivity index (χ1n) is 4.39. The summed E-state index contributed by atoms with van der Waals surface area (Å²) in [4.78, 5) is 20.9. The number of oxazole rings is 1. The van der Waals surface area contributed by atoms with Gasteiger partial charge in [-0.1, -0.05) is 4.40 Å². The first kappa shape index (κ1) is 11.3. The van der Waals surface area contributed by atoms with Crippen molar-refractivity contribution < 1.29 is 17.6 Å². The number of rotatable bonds is 2. The monoisotopic (exact) mass is 254 g/mol. The summed E-state index contributed by atoms with van der Waals surface area (Å²) in [5.41, 5.74) is 0.559. The van der Waals surface area contributed by atoms with Gasteiger partial charge in [-0.15, -0.1) is 0 Å². The van der Waals surface area contributed by atoms with Gasteiger partial charge >= 0.3 is 5.76 Å². The van der Waals surface area contributed by atoms with E-state index < -0.39 is 15.8 Å². The number of nitrogens with zero attached hydrogens (tertiary/aromatic N) is 2. The molecule has 0 fully saturated rings. The Balaban J connectivity index is 2.76. The maximum absolute atomic E-state index is 11.4. The number of benzene rings is 1. The number of sulfonamides is 1. The fraction of sp³-hybridized carbons (Fsp3) is 0.111. The average Bonchev–Trinajstić information content (AvgIpc) is 2.54. The van der Waals surface area contributed by atoms with Crippen LogP contribution in [-0.4, -0.2) is 19.1 Å². The summed E-state index contributed by atoms with van der Waals surface area (Å²) in [6.45, 7) is 0. The second kappa shape index (κ2) is 3.69. The van der Waals surface area contributed by atoms with Crippen molar-refractivity contribution in [1.29, 1.82) is 0 Å². The topological polar surface area (TPSA) is 98.7 Å². The lowest BCUT2D eigenvalue weighted by Gasteiger charge is -1.96. The van der Waals surface area contributed by atoms with Crippen LogP contribution in [0.15, 0.2) is 36.7 Å².